The molecule has 1 amide bonds. The van der Waals surface area contributed by atoms with Crippen molar-refractivity contribution < 1.29 is 9.90 Å². The van der Waals surface area contributed by atoms with E-state index in [4.69, 9.17) is 10.6 Å². The SMILES string of the molecule is CC1CC(NC(=O)O)CCC1N=[N+]=[N-]. The molecule has 0 heterocycles. The topological polar surface area (TPSA) is 98.1 Å². The number of nitrogens with one attached hydrogen (secondary N) is 1. The molecule has 0 radical (unpaired) electrons. The summed E-state index contributed by atoms with van der Waals surface area (Å²) in [5.74, 6) is 0.247. The molecule has 0 aromatic heterocycles. The second kappa shape index (κ2) is 4.72. The molecule has 0 aromatic carbocycles. The molecule has 78 valence electrons. The minimum absolute atomic E-state index is 0.00708. The summed E-state index contributed by atoms with van der Waals surface area (Å²) in [6, 6.07) is 0.0273. The number of carboxylic acid groups (broad SMARTS) is 1. The maximum atomic E-state index is 10.4. The highest BCUT2D eigenvalue weighted by Gasteiger charge is 2.27. The van der Waals surface area contributed by atoms with Gasteiger partial charge in [-0.25, -0.2) is 4.79 Å². The van der Waals surface area contributed by atoms with Gasteiger partial charge in [0.1, 0.15) is 0 Å². The van der Waals surface area contributed by atoms with Crippen molar-refractivity contribution in [1.29, 1.82) is 0 Å². The standard InChI is InChI=1S/C8H14N4O2/c1-5-4-6(10-8(13)14)2-3-7(5)11-12-9/h5-7,10H,2-4H2,1H3,(H,13,14). The van der Waals surface area contributed by atoms with Gasteiger partial charge in [-0.3, -0.25) is 0 Å². The van der Waals surface area contributed by atoms with Crippen LogP contribution in [0.5, 0.6) is 0 Å². The molecule has 6 heteroatoms. The van der Waals surface area contributed by atoms with Gasteiger partial charge < -0.3 is 10.4 Å². The third-order valence-electron chi connectivity index (χ3n) is 2.65. The Labute approximate surface area is 81.9 Å². The quantitative estimate of drug-likeness (QED) is 0.403. The Balaban J connectivity index is 2.46. The summed E-state index contributed by atoms with van der Waals surface area (Å²) in [6.45, 7) is 1.98. The highest BCUT2D eigenvalue weighted by Crippen LogP contribution is 2.26. The predicted octanol–water partition coefficient (Wildman–Crippen LogP) is 2.12. The molecule has 3 atom stereocenters. The van der Waals surface area contributed by atoms with E-state index < -0.39 is 6.09 Å². The van der Waals surface area contributed by atoms with Gasteiger partial charge in [0.2, 0.25) is 0 Å². The molecule has 3 unspecified atom stereocenters. The van der Waals surface area contributed by atoms with E-state index in [2.05, 4.69) is 15.3 Å². The van der Waals surface area contributed by atoms with Gasteiger partial charge in [-0.1, -0.05) is 12.0 Å². The molecule has 0 aliphatic heterocycles. The number of carbonyl (C=O) groups is 1. The molecule has 14 heavy (non-hydrogen) atoms. The fourth-order valence-corrected chi connectivity index (χ4v) is 1.92. The van der Waals surface area contributed by atoms with Crippen LogP contribution in [0.1, 0.15) is 26.2 Å². The highest BCUT2D eigenvalue weighted by molar-refractivity contribution is 5.64. The Hall–Kier alpha value is -1.42. The largest absolute Gasteiger partial charge is 0.465 e. The summed E-state index contributed by atoms with van der Waals surface area (Å²) in [5, 5.41) is 14.7. The number of hydrogen-bond donors (Lipinski definition) is 2. The normalized spacial score (nSPS) is 31.6. The number of amides is 1. The van der Waals surface area contributed by atoms with Gasteiger partial charge >= 0.3 is 6.09 Å². The van der Waals surface area contributed by atoms with Crippen molar-refractivity contribution in [2.75, 3.05) is 0 Å². The van der Waals surface area contributed by atoms with Gasteiger partial charge in [-0.15, -0.1) is 0 Å². The van der Waals surface area contributed by atoms with Gasteiger partial charge in [0.05, 0.1) is 0 Å². The molecule has 0 aromatic rings. The molecule has 1 aliphatic carbocycles. The van der Waals surface area contributed by atoms with Crippen LogP contribution in [-0.2, 0) is 0 Å². The average Bonchev–Trinajstić information content (AvgIpc) is 2.09. The predicted molar refractivity (Wildman–Crippen MR) is 50.9 cm³/mol. The third-order valence-corrected chi connectivity index (χ3v) is 2.65. The third kappa shape index (κ3) is 2.81. The van der Waals surface area contributed by atoms with Crippen LogP contribution in [0.3, 0.4) is 0 Å². The first kappa shape index (κ1) is 10.7. The smallest absolute Gasteiger partial charge is 0.404 e. The Morgan fingerprint density at radius 2 is 2.36 bits per heavy atom. The van der Waals surface area contributed by atoms with Gasteiger partial charge in [0.25, 0.3) is 0 Å². The van der Waals surface area contributed by atoms with E-state index in [0.717, 1.165) is 19.3 Å². The Bertz CT molecular complexity index is 262. The molecule has 6 nitrogen and oxygen atoms in total. The molecule has 1 aliphatic rings. The Morgan fingerprint density at radius 3 is 2.86 bits per heavy atom. The fraction of sp³-hybridized carbons (Fsp3) is 0.875. The van der Waals surface area contributed by atoms with Crippen LogP contribution in [0.15, 0.2) is 5.11 Å². The molecule has 1 rings (SSSR count). The second-order valence-corrected chi connectivity index (χ2v) is 3.71. The lowest BCUT2D eigenvalue weighted by Gasteiger charge is -2.31. The summed E-state index contributed by atoms with van der Waals surface area (Å²) in [7, 11) is 0. The number of hydrogen-bond acceptors (Lipinski definition) is 2. The van der Waals surface area contributed by atoms with Crippen molar-refractivity contribution in [2.45, 2.75) is 38.3 Å². The Kier molecular flexibility index (Phi) is 3.59. The van der Waals surface area contributed by atoms with Crippen LogP contribution in [0.2, 0.25) is 0 Å². The zero-order valence-corrected chi connectivity index (χ0v) is 8.05. The van der Waals surface area contributed by atoms with Crippen LogP contribution >= 0.6 is 0 Å². The molecular weight excluding hydrogens is 184 g/mol. The summed E-state index contributed by atoms with van der Waals surface area (Å²) in [5.41, 5.74) is 8.30. The first-order valence-electron chi connectivity index (χ1n) is 4.67. The Morgan fingerprint density at radius 1 is 1.64 bits per heavy atom. The van der Waals surface area contributed by atoms with Crippen LogP contribution in [-0.4, -0.2) is 23.3 Å². The maximum Gasteiger partial charge on any atom is 0.404 e. The first-order chi connectivity index (χ1) is 6.63. The van der Waals surface area contributed by atoms with Crippen molar-refractivity contribution in [1.82, 2.24) is 5.32 Å². The van der Waals surface area contributed by atoms with Crippen molar-refractivity contribution in [3.63, 3.8) is 0 Å². The van der Waals surface area contributed by atoms with Gasteiger partial charge in [0.15, 0.2) is 0 Å². The van der Waals surface area contributed by atoms with E-state index in [1.807, 2.05) is 6.92 Å². The molecule has 0 spiro atoms. The van der Waals surface area contributed by atoms with E-state index >= 15 is 0 Å². The van der Waals surface area contributed by atoms with Gasteiger partial charge in [0, 0.05) is 17.0 Å². The summed E-state index contributed by atoms with van der Waals surface area (Å²) < 4.78 is 0. The van der Waals surface area contributed by atoms with Gasteiger partial charge in [-0.2, -0.15) is 0 Å². The van der Waals surface area contributed by atoms with Crippen LogP contribution < -0.4 is 5.32 Å². The minimum Gasteiger partial charge on any atom is -0.465 e. The number of nitrogens with zero attached hydrogens (tertiary/aromatic N) is 3. The number of azide groups is 1. The van der Waals surface area contributed by atoms with E-state index in [1.165, 1.54) is 0 Å². The van der Waals surface area contributed by atoms with Crippen LogP contribution in [0, 0.1) is 5.92 Å². The maximum absolute atomic E-state index is 10.4. The summed E-state index contributed by atoms with van der Waals surface area (Å²) >= 11 is 0. The lowest BCUT2D eigenvalue weighted by molar-refractivity contribution is 0.179. The van der Waals surface area contributed by atoms with Gasteiger partial charge in [-0.05, 0) is 30.7 Å². The minimum atomic E-state index is -0.982. The second-order valence-electron chi connectivity index (χ2n) is 3.71. The monoisotopic (exact) mass is 198 g/mol. The van der Waals surface area contributed by atoms with Crippen molar-refractivity contribution in [3.05, 3.63) is 10.4 Å². The van der Waals surface area contributed by atoms with Crippen LogP contribution in [0.4, 0.5) is 4.79 Å². The van der Waals surface area contributed by atoms with Crippen molar-refractivity contribution in [2.24, 2.45) is 11.0 Å². The molecule has 0 bridgehead atoms. The molecule has 0 saturated heterocycles. The zero-order chi connectivity index (χ0) is 10.6. The highest BCUT2D eigenvalue weighted by atomic mass is 16.4. The van der Waals surface area contributed by atoms with Crippen molar-refractivity contribution >= 4 is 6.09 Å². The average molecular weight is 198 g/mol. The van der Waals surface area contributed by atoms with Crippen LogP contribution in [0.25, 0.3) is 10.4 Å². The molecule has 1 saturated carbocycles. The zero-order valence-electron chi connectivity index (χ0n) is 8.05. The molecular formula is C8H14N4O2. The summed E-state index contributed by atoms with van der Waals surface area (Å²) in [4.78, 5) is 13.2. The van der Waals surface area contributed by atoms with E-state index in [-0.39, 0.29) is 18.0 Å². The lowest BCUT2D eigenvalue weighted by Crippen LogP contribution is -2.40. The summed E-state index contributed by atoms with van der Waals surface area (Å²) in [6.07, 6.45) is 1.27. The number of rotatable bonds is 2. The fourth-order valence-electron chi connectivity index (χ4n) is 1.92. The first-order valence-corrected chi connectivity index (χ1v) is 4.67. The lowest BCUT2D eigenvalue weighted by atomic mass is 9.83. The molecule has 1 fully saturated rings. The van der Waals surface area contributed by atoms with E-state index in [1.54, 1.807) is 0 Å². The molecule has 2 N–H and O–H groups in total. The van der Waals surface area contributed by atoms with Crippen molar-refractivity contribution in [3.8, 4) is 0 Å². The van der Waals surface area contributed by atoms with E-state index in [9.17, 15) is 4.79 Å². The van der Waals surface area contributed by atoms with E-state index in [0.29, 0.717) is 0 Å².